The number of pyridine rings is 1. The highest BCUT2D eigenvalue weighted by atomic mass is 32.2. The summed E-state index contributed by atoms with van der Waals surface area (Å²) in [5, 5.41) is 9.31. The number of rotatable bonds is 6. The SMILES string of the molecule is Cc1cccn2c(=O)c(C=C3SC(=S)N(Cc4ccc5c(c4)OCO5)C3=O)c(N3CCN(CCO)CC3)nc12. The lowest BCUT2D eigenvalue weighted by molar-refractivity contribution is -0.122. The van der Waals surface area contributed by atoms with Crippen molar-refractivity contribution in [3.05, 3.63) is 68.5 Å². The van der Waals surface area contributed by atoms with Gasteiger partial charge in [-0.05, 0) is 42.3 Å². The number of anilines is 1. The lowest BCUT2D eigenvalue weighted by Crippen LogP contribution is -2.48. The highest BCUT2D eigenvalue weighted by Gasteiger charge is 2.33. The van der Waals surface area contributed by atoms with Crippen molar-refractivity contribution < 1.29 is 19.4 Å². The van der Waals surface area contributed by atoms with Crippen molar-refractivity contribution in [3.63, 3.8) is 0 Å². The Morgan fingerprint density at radius 2 is 1.92 bits per heavy atom. The van der Waals surface area contributed by atoms with Gasteiger partial charge in [-0.3, -0.25) is 23.8 Å². The fourth-order valence-electron chi connectivity index (χ4n) is 4.98. The molecule has 0 bridgehead atoms. The summed E-state index contributed by atoms with van der Waals surface area (Å²) in [7, 11) is 0. The molecule has 2 saturated heterocycles. The van der Waals surface area contributed by atoms with Crippen molar-refractivity contribution in [1.29, 1.82) is 0 Å². The highest BCUT2D eigenvalue weighted by molar-refractivity contribution is 8.26. The van der Waals surface area contributed by atoms with E-state index in [-0.39, 0.29) is 31.4 Å². The van der Waals surface area contributed by atoms with E-state index in [1.165, 1.54) is 21.1 Å². The van der Waals surface area contributed by atoms with Gasteiger partial charge in [0.25, 0.3) is 11.5 Å². The molecule has 0 spiro atoms. The molecule has 1 N–H and O–H groups in total. The summed E-state index contributed by atoms with van der Waals surface area (Å²) in [5.74, 6) is 1.62. The topological polar surface area (TPSA) is 99.9 Å². The molecule has 1 amide bonds. The quantitative estimate of drug-likeness (QED) is 0.354. The molecule has 2 aromatic heterocycles. The average molecular weight is 566 g/mol. The summed E-state index contributed by atoms with van der Waals surface area (Å²) in [4.78, 5) is 38.4. The van der Waals surface area contributed by atoms with Gasteiger partial charge in [0.05, 0.1) is 23.6 Å². The van der Waals surface area contributed by atoms with E-state index < -0.39 is 0 Å². The number of β-amino-alcohol motifs (C(OH)–C–C–N with tert-alkyl or cyclic N) is 1. The van der Waals surface area contributed by atoms with Crippen molar-refractivity contribution >= 4 is 51.7 Å². The average Bonchev–Trinajstić information content (AvgIpc) is 3.51. The smallest absolute Gasteiger partial charge is 0.267 e. The number of amides is 1. The molecule has 39 heavy (non-hydrogen) atoms. The largest absolute Gasteiger partial charge is 0.454 e. The summed E-state index contributed by atoms with van der Waals surface area (Å²) in [6.07, 6.45) is 3.33. The maximum atomic E-state index is 13.8. The van der Waals surface area contributed by atoms with Crippen molar-refractivity contribution in [1.82, 2.24) is 19.2 Å². The number of aliphatic hydroxyl groups excluding tert-OH is 1. The predicted molar refractivity (Wildman–Crippen MR) is 153 cm³/mol. The molecule has 202 valence electrons. The van der Waals surface area contributed by atoms with Crippen LogP contribution in [-0.4, -0.2) is 80.6 Å². The van der Waals surface area contributed by atoms with Crippen LogP contribution in [-0.2, 0) is 11.3 Å². The Labute approximate surface area is 234 Å². The fraction of sp³-hybridized carbons (Fsp3) is 0.333. The van der Waals surface area contributed by atoms with Crippen LogP contribution in [0.3, 0.4) is 0 Å². The van der Waals surface area contributed by atoms with Gasteiger partial charge < -0.3 is 19.5 Å². The second-order valence-electron chi connectivity index (χ2n) is 9.55. The summed E-state index contributed by atoms with van der Waals surface area (Å²) < 4.78 is 12.8. The Hall–Kier alpha value is -3.45. The first-order valence-electron chi connectivity index (χ1n) is 12.7. The van der Waals surface area contributed by atoms with E-state index >= 15 is 0 Å². The summed E-state index contributed by atoms with van der Waals surface area (Å²) in [6.45, 7) is 5.89. The van der Waals surface area contributed by atoms with Crippen LogP contribution >= 0.6 is 24.0 Å². The molecule has 0 unspecified atom stereocenters. The highest BCUT2D eigenvalue weighted by Crippen LogP contribution is 2.37. The number of aryl methyl sites for hydroxylation is 1. The molecular weight excluding hydrogens is 538 g/mol. The Bertz CT molecular complexity index is 1560. The second kappa shape index (κ2) is 10.6. The van der Waals surface area contributed by atoms with E-state index in [1.807, 2.05) is 37.3 Å². The van der Waals surface area contributed by atoms with Crippen LogP contribution in [0.1, 0.15) is 16.7 Å². The van der Waals surface area contributed by atoms with Gasteiger partial charge in [0, 0.05) is 38.9 Å². The minimum atomic E-state index is -0.255. The third kappa shape index (κ3) is 4.89. The first-order valence-corrected chi connectivity index (χ1v) is 13.9. The molecular formula is C27H27N5O5S2. The van der Waals surface area contributed by atoms with Gasteiger partial charge >= 0.3 is 0 Å². The van der Waals surface area contributed by atoms with Crippen LogP contribution in [0.4, 0.5) is 5.82 Å². The van der Waals surface area contributed by atoms with Crippen molar-refractivity contribution in [2.45, 2.75) is 13.5 Å². The van der Waals surface area contributed by atoms with E-state index in [1.54, 1.807) is 12.3 Å². The zero-order valence-corrected chi connectivity index (χ0v) is 23.0. The number of ether oxygens (including phenoxy) is 2. The number of hydrogen-bond acceptors (Lipinski definition) is 10. The van der Waals surface area contributed by atoms with Crippen LogP contribution in [0.15, 0.2) is 46.2 Å². The van der Waals surface area contributed by atoms with E-state index in [4.69, 9.17) is 26.7 Å². The molecule has 6 rings (SSSR count). The number of fused-ring (bicyclic) bond motifs is 2. The summed E-state index contributed by atoms with van der Waals surface area (Å²) in [5.41, 5.74) is 2.45. The fourth-order valence-corrected chi connectivity index (χ4v) is 6.22. The standard InChI is InChI=1S/C27H27N5O5S2/c1-17-3-2-6-31-23(17)28-24(30-9-7-29(8-10-30)11-12-33)19(25(31)34)14-22-26(35)32(27(38)39-22)15-18-4-5-20-21(13-18)37-16-36-20/h2-6,13-14,33H,7-12,15-16H2,1H3. The van der Waals surface area contributed by atoms with E-state index in [0.717, 1.165) is 24.2 Å². The zero-order chi connectivity index (χ0) is 27.1. The van der Waals surface area contributed by atoms with Crippen LogP contribution in [0.2, 0.25) is 0 Å². The molecule has 0 radical (unpaired) electrons. The molecule has 0 saturated carbocycles. The van der Waals surface area contributed by atoms with Gasteiger partial charge in [-0.2, -0.15) is 0 Å². The number of piperazine rings is 1. The maximum absolute atomic E-state index is 13.8. The van der Waals surface area contributed by atoms with E-state index in [2.05, 4.69) is 9.80 Å². The molecule has 3 aliphatic rings. The van der Waals surface area contributed by atoms with Crippen molar-refractivity contribution in [3.8, 4) is 11.5 Å². The van der Waals surface area contributed by atoms with Gasteiger partial charge in [-0.25, -0.2) is 4.98 Å². The lowest BCUT2D eigenvalue weighted by Gasteiger charge is -2.35. The van der Waals surface area contributed by atoms with Gasteiger partial charge in [0.15, 0.2) is 11.5 Å². The third-order valence-corrected chi connectivity index (χ3v) is 8.46. The van der Waals surface area contributed by atoms with Gasteiger partial charge in [0.2, 0.25) is 6.79 Å². The van der Waals surface area contributed by atoms with Gasteiger partial charge in [-0.15, -0.1) is 0 Å². The first-order chi connectivity index (χ1) is 18.9. The van der Waals surface area contributed by atoms with Gasteiger partial charge in [-0.1, -0.05) is 36.1 Å². The molecule has 2 fully saturated rings. The number of hydrogen-bond donors (Lipinski definition) is 1. The summed E-state index contributed by atoms with van der Waals surface area (Å²) in [6, 6.07) is 9.29. The molecule has 3 aliphatic heterocycles. The molecule has 0 atom stereocenters. The Morgan fingerprint density at radius 1 is 1.13 bits per heavy atom. The van der Waals surface area contributed by atoms with Crippen LogP contribution in [0.5, 0.6) is 11.5 Å². The number of aromatic nitrogens is 2. The van der Waals surface area contributed by atoms with Crippen LogP contribution in [0, 0.1) is 6.92 Å². The van der Waals surface area contributed by atoms with Gasteiger partial charge in [0.1, 0.15) is 15.8 Å². The number of benzene rings is 1. The minimum absolute atomic E-state index is 0.105. The normalized spacial score (nSPS) is 18.7. The maximum Gasteiger partial charge on any atom is 0.267 e. The molecule has 0 aliphatic carbocycles. The Kier molecular flexibility index (Phi) is 7.02. The second-order valence-corrected chi connectivity index (χ2v) is 11.2. The number of nitrogens with zero attached hydrogens (tertiary/aromatic N) is 5. The predicted octanol–water partition coefficient (Wildman–Crippen LogP) is 2.25. The third-order valence-electron chi connectivity index (χ3n) is 7.08. The molecule has 3 aromatic rings. The molecule has 10 nitrogen and oxygen atoms in total. The minimum Gasteiger partial charge on any atom is -0.454 e. The van der Waals surface area contributed by atoms with Crippen LogP contribution in [0.25, 0.3) is 11.7 Å². The number of carbonyl (C=O) groups is 1. The monoisotopic (exact) mass is 565 g/mol. The number of carbonyl (C=O) groups excluding carboxylic acids is 1. The zero-order valence-electron chi connectivity index (χ0n) is 21.3. The van der Waals surface area contributed by atoms with E-state index in [9.17, 15) is 14.7 Å². The Balaban J connectivity index is 1.35. The van der Waals surface area contributed by atoms with Crippen LogP contribution < -0.4 is 19.9 Å². The molecule has 1 aromatic carbocycles. The van der Waals surface area contributed by atoms with E-state index in [0.29, 0.717) is 57.4 Å². The first kappa shape index (κ1) is 25.8. The number of thiocarbonyl (C=S) groups is 1. The molecule has 12 heteroatoms. The van der Waals surface area contributed by atoms with Crippen molar-refractivity contribution in [2.24, 2.45) is 0 Å². The van der Waals surface area contributed by atoms with Crippen molar-refractivity contribution in [2.75, 3.05) is 51.0 Å². The number of aliphatic hydroxyl groups is 1. The summed E-state index contributed by atoms with van der Waals surface area (Å²) >= 11 is 6.75. The lowest BCUT2D eigenvalue weighted by atomic mass is 10.2. The molecule has 5 heterocycles. The number of thioether (sulfide) groups is 1. The Morgan fingerprint density at radius 3 is 2.72 bits per heavy atom.